The number of hydrogen-bond donors (Lipinski definition) is 2. The van der Waals surface area contributed by atoms with Gasteiger partial charge >= 0.3 is 7.60 Å². The van der Waals surface area contributed by atoms with Gasteiger partial charge in [0.1, 0.15) is 6.61 Å². The molecule has 4 aromatic rings. The Morgan fingerprint density at radius 2 is 1.71 bits per heavy atom. The highest BCUT2D eigenvalue weighted by Crippen LogP contribution is 2.48. The zero-order chi connectivity index (χ0) is 27.1. The zero-order valence-corrected chi connectivity index (χ0v) is 22.1. The lowest BCUT2D eigenvalue weighted by molar-refractivity contribution is 0.0885. The fraction of sp³-hybridized carbons (Fsp3) is 0.308. The minimum Gasteiger partial charge on any atom is -0.379 e. The van der Waals surface area contributed by atoms with E-state index in [0.717, 1.165) is 16.7 Å². The van der Waals surface area contributed by atoms with E-state index in [1.54, 1.807) is 16.7 Å². The number of ether oxygens (including phenoxy) is 1. The zero-order valence-electron chi connectivity index (χ0n) is 21.3. The van der Waals surface area contributed by atoms with E-state index in [9.17, 15) is 14.2 Å². The average Bonchev–Trinajstić information content (AvgIpc) is 3.30. The van der Waals surface area contributed by atoms with Crippen molar-refractivity contribution in [2.24, 2.45) is 0 Å². The number of aromatic amines is 1. The van der Waals surface area contributed by atoms with Crippen LogP contribution in [0.5, 0.6) is 0 Å². The number of aryl methyl sites for hydroxylation is 2. The fourth-order valence-electron chi connectivity index (χ4n) is 3.58. The third kappa shape index (κ3) is 7.23. The molecule has 200 valence electrons. The van der Waals surface area contributed by atoms with Crippen molar-refractivity contribution in [2.45, 2.75) is 27.0 Å². The number of anilines is 1. The van der Waals surface area contributed by atoms with Gasteiger partial charge in [0.2, 0.25) is 5.95 Å². The Balaban J connectivity index is 1.34. The number of carbonyl (C=O) groups is 1. The van der Waals surface area contributed by atoms with Crippen molar-refractivity contribution in [3.8, 4) is 0 Å². The Kier molecular flexibility index (Phi) is 8.85. The van der Waals surface area contributed by atoms with Gasteiger partial charge in [-0.1, -0.05) is 59.7 Å². The second kappa shape index (κ2) is 12.3. The summed E-state index contributed by atoms with van der Waals surface area (Å²) in [6.45, 7) is 4.22. The standard InChI is InChI=1S/C26H30N5O6P/c1-18-3-7-20(8-4-18)15-36-38(34,37-16-22(32)21-9-5-19(2)6-10-21)14-13-35-12-11-31-17-28-23-24(31)29-26(27)30-25(23)33/h3-10,17H,11-16H2,1-2H3,(H3,27,29,30,33). The number of benzene rings is 2. The van der Waals surface area contributed by atoms with Gasteiger partial charge in [0.15, 0.2) is 16.9 Å². The summed E-state index contributed by atoms with van der Waals surface area (Å²) in [5.41, 5.74) is 9.16. The molecule has 11 nitrogen and oxygen atoms in total. The quantitative estimate of drug-likeness (QED) is 0.147. The van der Waals surface area contributed by atoms with Crippen molar-refractivity contribution in [2.75, 3.05) is 31.7 Å². The molecule has 0 amide bonds. The highest BCUT2D eigenvalue weighted by molar-refractivity contribution is 7.53. The number of nitrogens with two attached hydrogens (primary N) is 1. The summed E-state index contributed by atoms with van der Waals surface area (Å²) in [6, 6.07) is 14.7. The second-order valence-electron chi connectivity index (χ2n) is 8.83. The SMILES string of the molecule is Cc1ccc(COP(=O)(CCOCCn2cnc3c(=O)[nH]c(N)nc32)OCC(=O)c2ccc(C)cc2)cc1. The monoisotopic (exact) mass is 539 g/mol. The number of carbonyl (C=O) groups excluding carboxylic acids is 1. The molecule has 2 aromatic heterocycles. The Morgan fingerprint density at radius 3 is 2.42 bits per heavy atom. The summed E-state index contributed by atoms with van der Waals surface area (Å²) in [6.07, 6.45) is 1.43. The van der Waals surface area contributed by atoms with Crippen LogP contribution in [0.3, 0.4) is 0 Å². The molecule has 2 aromatic carbocycles. The van der Waals surface area contributed by atoms with Crippen LogP contribution in [0.25, 0.3) is 11.2 Å². The highest BCUT2D eigenvalue weighted by atomic mass is 31.2. The lowest BCUT2D eigenvalue weighted by Gasteiger charge is -2.19. The van der Waals surface area contributed by atoms with Crippen molar-refractivity contribution in [1.82, 2.24) is 19.5 Å². The maximum Gasteiger partial charge on any atom is 0.333 e. The van der Waals surface area contributed by atoms with Crippen LogP contribution in [-0.2, 0) is 31.5 Å². The number of hydrogen-bond acceptors (Lipinski definition) is 9. The fourth-order valence-corrected chi connectivity index (χ4v) is 4.92. The number of rotatable bonds is 13. The van der Waals surface area contributed by atoms with E-state index in [0.29, 0.717) is 17.8 Å². The van der Waals surface area contributed by atoms with Crippen LogP contribution in [0, 0.1) is 13.8 Å². The number of H-pyrrole nitrogens is 1. The van der Waals surface area contributed by atoms with Crippen LogP contribution >= 0.6 is 7.60 Å². The molecule has 12 heteroatoms. The Bertz CT molecular complexity index is 1500. The van der Waals surface area contributed by atoms with Crippen LogP contribution in [0.1, 0.15) is 27.0 Å². The van der Waals surface area contributed by atoms with Gasteiger partial charge in [-0.15, -0.1) is 0 Å². The topological polar surface area (TPSA) is 151 Å². The van der Waals surface area contributed by atoms with Crippen LogP contribution in [0.2, 0.25) is 0 Å². The molecule has 4 rings (SSSR count). The van der Waals surface area contributed by atoms with Crippen molar-refractivity contribution >= 4 is 30.5 Å². The first-order chi connectivity index (χ1) is 18.2. The lowest BCUT2D eigenvalue weighted by Crippen LogP contribution is -2.15. The van der Waals surface area contributed by atoms with Gasteiger partial charge in [0.25, 0.3) is 5.56 Å². The molecule has 1 atom stereocenters. The maximum atomic E-state index is 13.5. The first kappa shape index (κ1) is 27.4. The van der Waals surface area contributed by atoms with Gasteiger partial charge < -0.3 is 24.1 Å². The van der Waals surface area contributed by atoms with E-state index in [-0.39, 0.29) is 49.8 Å². The molecule has 0 saturated carbocycles. The number of nitrogens with zero attached hydrogens (tertiary/aromatic N) is 3. The summed E-state index contributed by atoms with van der Waals surface area (Å²) in [5, 5.41) is 0. The molecule has 0 radical (unpaired) electrons. The minimum absolute atomic E-state index is 0.00540. The molecule has 2 heterocycles. The van der Waals surface area contributed by atoms with Gasteiger partial charge in [-0.3, -0.25) is 19.1 Å². The normalized spacial score (nSPS) is 13.0. The first-order valence-electron chi connectivity index (χ1n) is 12.0. The molecule has 0 spiro atoms. The number of aromatic nitrogens is 4. The predicted molar refractivity (Wildman–Crippen MR) is 143 cm³/mol. The molecule has 0 aliphatic carbocycles. The van der Waals surface area contributed by atoms with Gasteiger partial charge in [-0.25, -0.2) is 4.98 Å². The number of Topliss-reactive ketones (excluding diaryl/α,β-unsaturated/α-hetero) is 1. The van der Waals surface area contributed by atoms with Crippen LogP contribution in [-0.4, -0.2) is 51.3 Å². The van der Waals surface area contributed by atoms with Crippen LogP contribution < -0.4 is 11.3 Å². The van der Waals surface area contributed by atoms with Gasteiger partial charge in [-0.05, 0) is 19.4 Å². The molecular weight excluding hydrogens is 509 g/mol. The Morgan fingerprint density at radius 1 is 1.03 bits per heavy atom. The number of imidazole rings is 1. The van der Waals surface area contributed by atoms with Crippen LogP contribution in [0.4, 0.5) is 5.95 Å². The summed E-state index contributed by atoms with van der Waals surface area (Å²) < 4.78 is 32.2. The minimum atomic E-state index is -3.67. The molecule has 0 aliphatic heterocycles. The Labute approximate surface area is 219 Å². The molecule has 0 saturated heterocycles. The first-order valence-corrected chi connectivity index (χ1v) is 13.8. The van der Waals surface area contributed by atoms with E-state index >= 15 is 0 Å². The second-order valence-corrected chi connectivity index (χ2v) is 11.0. The van der Waals surface area contributed by atoms with Gasteiger partial charge in [0, 0.05) is 12.1 Å². The van der Waals surface area contributed by atoms with Crippen LogP contribution in [0.15, 0.2) is 59.7 Å². The molecule has 0 bridgehead atoms. The molecule has 0 fully saturated rings. The highest BCUT2D eigenvalue weighted by Gasteiger charge is 2.26. The lowest BCUT2D eigenvalue weighted by atomic mass is 10.1. The summed E-state index contributed by atoms with van der Waals surface area (Å²) in [4.78, 5) is 35.1. The van der Waals surface area contributed by atoms with Crippen molar-refractivity contribution in [1.29, 1.82) is 0 Å². The third-order valence-electron chi connectivity index (χ3n) is 5.79. The van der Waals surface area contributed by atoms with Gasteiger partial charge in [0.05, 0.1) is 32.3 Å². The van der Waals surface area contributed by atoms with Crippen molar-refractivity contribution < 1.29 is 23.1 Å². The third-order valence-corrected chi connectivity index (χ3v) is 7.57. The predicted octanol–water partition coefficient (Wildman–Crippen LogP) is 3.64. The maximum absolute atomic E-state index is 13.5. The molecule has 1 unspecified atom stereocenters. The van der Waals surface area contributed by atoms with Gasteiger partial charge in [-0.2, -0.15) is 4.98 Å². The molecule has 0 aliphatic rings. The molecular formula is C26H30N5O6P. The van der Waals surface area contributed by atoms with E-state index in [4.69, 9.17) is 19.5 Å². The number of fused-ring (bicyclic) bond motifs is 1. The van der Waals surface area contributed by atoms with E-state index in [1.807, 2.05) is 50.2 Å². The number of nitrogen functional groups attached to an aromatic ring is 1. The largest absolute Gasteiger partial charge is 0.379 e. The number of nitrogens with one attached hydrogen (secondary N) is 1. The summed E-state index contributed by atoms with van der Waals surface area (Å²) in [7, 11) is -3.67. The summed E-state index contributed by atoms with van der Waals surface area (Å²) in [5.74, 6) is -0.298. The molecule has 38 heavy (non-hydrogen) atoms. The molecule has 3 N–H and O–H groups in total. The van der Waals surface area contributed by atoms with E-state index < -0.39 is 13.2 Å². The number of ketones is 1. The summed E-state index contributed by atoms with van der Waals surface area (Å²) >= 11 is 0. The van der Waals surface area contributed by atoms with E-state index in [2.05, 4.69) is 15.0 Å². The van der Waals surface area contributed by atoms with E-state index in [1.165, 1.54) is 6.33 Å². The Hall–Kier alpha value is -3.63. The average molecular weight is 540 g/mol. The van der Waals surface area contributed by atoms with Crippen molar-refractivity contribution in [3.63, 3.8) is 0 Å². The van der Waals surface area contributed by atoms with Crippen molar-refractivity contribution in [3.05, 3.63) is 87.5 Å². The smallest absolute Gasteiger partial charge is 0.333 e.